The van der Waals surface area contributed by atoms with Crippen molar-refractivity contribution in [3.05, 3.63) is 70.2 Å². The zero-order valence-electron chi connectivity index (χ0n) is 19.6. The molecule has 1 aliphatic heterocycles. The molecule has 34 heavy (non-hydrogen) atoms. The molecule has 0 radical (unpaired) electrons. The second-order valence-corrected chi connectivity index (χ2v) is 12.1. The van der Waals surface area contributed by atoms with Crippen LogP contribution in [0.5, 0.6) is 5.75 Å². The van der Waals surface area contributed by atoms with Gasteiger partial charge in [-0.15, -0.1) is 0 Å². The normalized spacial score (nSPS) is 25.2. The fraction of sp³-hybridized carbons (Fsp3) is 0.423. The highest BCUT2D eigenvalue weighted by atomic mass is 79.9. The summed E-state index contributed by atoms with van der Waals surface area (Å²) in [4.78, 5) is 11.2. The first-order valence-corrected chi connectivity index (χ1v) is 13.9. The lowest BCUT2D eigenvalue weighted by molar-refractivity contribution is -0.134. The second kappa shape index (κ2) is 10.8. The number of rotatable bonds is 8. The maximum atomic E-state index is 13.5. The van der Waals surface area contributed by atoms with Crippen molar-refractivity contribution in [3.63, 3.8) is 0 Å². The van der Waals surface area contributed by atoms with Gasteiger partial charge in [0.2, 0.25) is 5.83 Å². The van der Waals surface area contributed by atoms with Gasteiger partial charge in [0.05, 0.1) is 14.6 Å². The van der Waals surface area contributed by atoms with Crippen molar-refractivity contribution in [1.29, 1.82) is 0 Å². The van der Waals surface area contributed by atoms with Gasteiger partial charge in [-0.3, -0.25) is 9.11 Å². The van der Waals surface area contributed by atoms with Crippen molar-refractivity contribution in [3.8, 4) is 5.75 Å². The van der Waals surface area contributed by atoms with Gasteiger partial charge < -0.3 is 9.84 Å². The van der Waals surface area contributed by atoms with Gasteiger partial charge in [0.25, 0.3) is 0 Å². The highest BCUT2D eigenvalue weighted by molar-refractivity contribution is 9.10. The summed E-state index contributed by atoms with van der Waals surface area (Å²) in [7, 11) is -3.27. The molecule has 0 aromatic heterocycles. The van der Waals surface area contributed by atoms with Gasteiger partial charge in [-0.2, -0.15) is 15.0 Å². The van der Waals surface area contributed by atoms with Crippen LogP contribution < -0.4 is 4.74 Å². The molecule has 3 atom stereocenters. The molecule has 0 saturated carbocycles. The highest BCUT2D eigenvalue weighted by Crippen LogP contribution is 2.67. The first-order valence-electron chi connectivity index (χ1n) is 11.5. The molecule has 3 N–H and O–H groups in total. The van der Waals surface area contributed by atoms with E-state index in [1.165, 1.54) is 6.07 Å². The number of unbranched alkanes of at least 4 members (excludes halogenated alkanes) is 1. The zero-order valence-corrected chi connectivity index (χ0v) is 22.0. The quantitative estimate of drug-likeness (QED) is 0.225. The fourth-order valence-electron chi connectivity index (χ4n) is 4.99. The molecule has 0 saturated heterocycles. The molecule has 2 aromatic carbocycles. The maximum absolute atomic E-state index is 13.5. The number of carbonyl (C=O) groups is 1. The molecule has 1 heterocycles. The molecular formula is C26H32BrFO5S. The lowest BCUT2D eigenvalue weighted by Crippen LogP contribution is -2.36. The van der Waals surface area contributed by atoms with Crippen LogP contribution in [0.3, 0.4) is 0 Å². The van der Waals surface area contributed by atoms with Crippen molar-refractivity contribution in [2.45, 2.75) is 68.9 Å². The Bertz CT molecular complexity index is 1060. The predicted molar refractivity (Wildman–Crippen MR) is 137 cm³/mol. The topological polar surface area (TPSA) is 87.0 Å². The minimum absolute atomic E-state index is 0.0826. The number of aliphatic carboxylic acids is 1. The molecule has 1 aliphatic rings. The lowest BCUT2D eigenvalue weighted by Gasteiger charge is -2.48. The molecule has 3 unspecified atom stereocenters. The Labute approximate surface area is 210 Å². The van der Waals surface area contributed by atoms with Crippen molar-refractivity contribution in [2.24, 2.45) is 5.41 Å². The van der Waals surface area contributed by atoms with Gasteiger partial charge in [0, 0.05) is 12.0 Å². The van der Waals surface area contributed by atoms with E-state index in [2.05, 4.69) is 41.9 Å². The molecular weight excluding hydrogens is 523 g/mol. The molecule has 3 rings (SSSR count). The summed E-state index contributed by atoms with van der Waals surface area (Å²) in [6.45, 7) is 6.17. The maximum Gasteiger partial charge on any atom is 0.368 e. The number of carboxylic acids is 1. The molecule has 8 heteroatoms. The van der Waals surface area contributed by atoms with Crippen molar-refractivity contribution >= 4 is 32.5 Å². The minimum Gasteiger partial charge on any atom is -0.476 e. The van der Waals surface area contributed by atoms with Crippen LogP contribution in [0.4, 0.5) is 4.39 Å². The van der Waals surface area contributed by atoms with E-state index < -0.39 is 27.6 Å². The standard InChI is InChI=1S/C26H32BrFO5S/c1-4-6-12-26(5-2)15-20(18-10-8-7-9-11-18)19-13-21(27)23(33-16-22(28)25(29)30)14-24(19)34(31,32)17(26)3/h7-11,13-14,16-17,20,31-32H,4-6,12,15H2,1-3H3,(H,29,30)/b22-16-. The van der Waals surface area contributed by atoms with Gasteiger partial charge in [-0.25, -0.2) is 4.79 Å². The van der Waals surface area contributed by atoms with Crippen LogP contribution in [0, 0.1) is 5.41 Å². The average Bonchev–Trinajstić information content (AvgIpc) is 2.89. The van der Waals surface area contributed by atoms with Crippen LogP contribution in [-0.4, -0.2) is 25.4 Å². The van der Waals surface area contributed by atoms with Crippen LogP contribution in [0.1, 0.15) is 69.9 Å². The van der Waals surface area contributed by atoms with Crippen LogP contribution >= 0.6 is 26.5 Å². The Hall–Kier alpha value is -1.87. The van der Waals surface area contributed by atoms with Gasteiger partial charge in [-0.1, -0.05) is 57.0 Å². The molecule has 0 spiro atoms. The van der Waals surface area contributed by atoms with E-state index >= 15 is 0 Å². The van der Waals surface area contributed by atoms with Crippen LogP contribution in [-0.2, 0) is 4.79 Å². The molecule has 0 fully saturated rings. The first kappa shape index (κ1) is 26.7. The third-order valence-electron chi connectivity index (χ3n) is 7.16. The molecule has 5 nitrogen and oxygen atoms in total. The Morgan fingerprint density at radius 1 is 1.26 bits per heavy atom. The van der Waals surface area contributed by atoms with E-state index in [1.54, 1.807) is 6.07 Å². The summed E-state index contributed by atoms with van der Waals surface area (Å²) >= 11 is 3.45. The third-order valence-corrected chi connectivity index (χ3v) is 10.3. The smallest absolute Gasteiger partial charge is 0.368 e. The fourth-order valence-corrected chi connectivity index (χ4v) is 7.73. The largest absolute Gasteiger partial charge is 0.476 e. The van der Waals surface area contributed by atoms with E-state index in [1.807, 2.05) is 25.1 Å². The number of hydrogen-bond acceptors (Lipinski definition) is 4. The Morgan fingerprint density at radius 2 is 1.94 bits per heavy atom. The molecule has 0 bridgehead atoms. The number of halogens is 2. The third kappa shape index (κ3) is 5.20. The predicted octanol–water partition coefficient (Wildman–Crippen LogP) is 8.34. The number of benzene rings is 2. The summed E-state index contributed by atoms with van der Waals surface area (Å²) in [5.74, 6) is -3.15. The molecule has 0 amide bonds. The van der Waals surface area contributed by atoms with Gasteiger partial charge in [-0.05, 0) is 64.7 Å². The minimum atomic E-state index is -3.27. The van der Waals surface area contributed by atoms with E-state index in [4.69, 9.17) is 9.84 Å². The summed E-state index contributed by atoms with van der Waals surface area (Å²) in [6.07, 6.45) is 4.96. The van der Waals surface area contributed by atoms with Crippen molar-refractivity contribution in [2.75, 3.05) is 0 Å². The Kier molecular flexibility index (Phi) is 8.50. The van der Waals surface area contributed by atoms with Crippen molar-refractivity contribution in [1.82, 2.24) is 0 Å². The number of hydrogen-bond donors (Lipinski definition) is 3. The zero-order chi connectivity index (χ0) is 25.1. The Morgan fingerprint density at radius 3 is 2.53 bits per heavy atom. The van der Waals surface area contributed by atoms with Crippen LogP contribution in [0.25, 0.3) is 0 Å². The number of fused-ring (bicyclic) bond motifs is 1. The average molecular weight is 556 g/mol. The van der Waals surface area contributed by atoms with Crippen LogP contribution in [0.2, 0.25) is 0 Å². The lowest BCUT2D eigenvalue weighted by atomic mass is 9.69. The molecule has 2 aromatic rings. The van der Waals surface area contributed by atoms with Gasteiger partial charge in [0.15, 0.2) is 0 Å². The second-order valence-electron chi connectivity index (χ2n) is 8.93. The van der Waals surface area contributed by atoms with Crippen molar-refractivity contribution < 1.29 is 28.1 Å². The Balaban J connectivity index is 2.23. The number of ether oxygens (including phenoxy) is 1. The first-order chi connectivity index (χ1) is 16.1. The van der Waals surface area contributed by atoms with Crippen LogP contribution in [0.15, 0.2) is 63.9 Å². The van der Waals surface area contributed by atoms with Gasteiger partial charge >= 0.3 is 5.97 Å². The monoisotopic (exact) mass is 554 g/mol. The summed E-state index contributed by atoms with van der Waals surface area (Å²) in [5.41, 5.74) is 1.57. The SMILES string of the molecule is CCCCC1(CC)CC(c2ccccc2)c2cc(Br)c(O/C=C(\F)C(=O)O)cc2S(O)(O)C1C. The molecule has 186 valence electrons. The van der Waals surface area contributed by atoms with E-state index in [0.717, 1.165) is 43.2 Å². The van der Waals surface area contributed by atoms with E-state index in [-0.39, 0.29) is 17.1 Å². The summed E-state index contributed by atoms with van der Waals surface area (Å²) < 4.78 is 42.7. The molecule has 0 aliphatic carbocycles. The van der Waals surface area contributed by atoms with Gasteiger partial charge in [0.1, 0.15) is 12.0 Å². The van der Waals surface area contributed by atoms with E-state index in [9.17, 15) is 18.3 Å². The number of carboxylic acid groups (broad SMARTS) is 1. The summed E-state index contributed by atoms with van der Waals surface area (Å²) in [6, 6.07) is 13.3. The van der Waals surface area contributed by atoms with E-state index in [0.29, 0.717) is 15.6 Å². The highest BCUT2D eigenvalue weighted by Gasteiger charge is 2.48. The summed E-state index contributed by atoms with van der Waals surface area (Å²) in [5, 5.41) is 8.37.